The Balaban J connectivity index is 2.41. The molecule has 2 aromatic rings. The van der Waals surface area contributed by atoms with Crippen molar-refractivity contribution in [3.05, 3.63) is 37.1 Å². The van der Waals surface area contributed by atoms with E-state index < -0.39 is 22.6 Å². The SMILES string of the molecule is C=COON(CC(=O)O)c1nc(NCCC)nc(Nc2cccc(S(=O)(=O)O)c2)n1. The minimum absolute atomic E-state index is 0.0521. The molecular weight excluding hydrogens is 420 g/mol. The lowest BCUT2D eigenvalue weighted by molar-refractivity contribution is -0.260. The van der Waals surface area contributed by atoms with Crippen LogP contribution >= 0.6 is 0 Å². The summed E-state index contributed by atoms with van der Waals surface area (Å²) in [6.45, 7) is 5.07. The molecule has 0 saturated carbocycles. The number of rotatable bonds is 12. The summed E-state index contributed by atoms with van der Waals surface area (Å²) < 4.78 is 31.9. The first-order valence-corrected chi connectivity index (χ1v) is 9.95. The lowest BCUT2D eigenvalue weighted by atomic mass is 10.3. The van der Waals surface area contributed by atoms with Crippen molar-refractivity contribution in [2.75, 3.05) is 28.8 Å². The van der Waals surface area contributed by atoms with Gasteiger partial charge in [-0.2, -0.15) is 28.4 Å². The predicted octanol–water partition coefficient (Wildman–Crippen LogP) is 1.58. The van der Waals surface area contributed by atoms with E-state index in [-0.39, 0.29) is 28.4 Å². The smallest absolute Gasteiger partial charge is 0.326 e. The van der Waals surface area contributed by atoms with Crippen molar-refractivity contribution in [1.82, 2.24) is 15.0 Å². The lowest BCUT2D eigenvalue weighted by Gasteiger charge is -2.18. The van der Waals surface area contributed by atoms with Crippen molar-refractivity contribution < 1.29 is 32.7 Å². The van der Waals surface area contributed by atoms with Crippen LogP contribution < -0.4 is 15.7 Å². The van der Waals surface area contributed by atoms with Gasteiger partial charge in [0.2, 0.25) is 11.9 Å². The first-order chi connectivity index (χ1) is 14.2. The number of aliphatic carboxylic acids is 1. The molecule has 0 spiro atoms. The third-order valence-electron chi connectivity index (χ3n) is 3.25. The molecule has 0 radical (unpaired) electrons. The van der Waals surface area contributed by atoms with Gasteiger partial charge in [-0.25, -0.2) is 0 Å². The zero-order chi connectivity index (χ0) is 22.1. The fourth-order valence-corrected chi connectivity index (χ4v) is 2.57. The molecule has 1 aromatic heterocycles. The molecule has 0 saturated heterocycles. The summed E-state index contributed by atoms with van der Waals surface area (Å²) in [5.41, 5.74) is 0.247. The minimum atomic E-state index is -4.41. The van der Waals surface area contributed by atoms with Crippen LogP contribution in [0.3, 0.4) is 0 Å². The maximum atomic E-state index is 11.3. The summed E-state index contributed by atoms with van der Waals surface area (Å²) in [5.74, 6) is -1.40. The molecule has 13 nitrogen and oxygen atoms in total. The summed E-state index contributed by atoms with van der Waals surface area (Å²) in [7, 11) is -4.41. The monoisotopic (exact) mass is 440 g/mol. The highest BCUT2D eigenvalue weighted by Crippen LogP contribution is 2.21. The number of carboxylic acid groups (broad SMARTS) is 1. The molecule has 1 heterocycles. The highest BCUT2D eigenvalue weighted by atomic mass is 32.2. The number of hydroxylamine groups is 1. The molecule has 0 unspecified atom stereocenters. The molecule has 0 fully saturated rings. The second kappa shape index (κ2) is 10.3. The molecule has 2 rings (SSSR count). The molecule has 162 valence electrons. The molecule has 0 bridgehead atoms. The van der Waals surface area contributed by atoms with E-state index in [1.165, 1.54) is 24.3 Å². The topological polar surface area (TPSA) is 176 Å². The normalized spacial score (nSPS) is 10.9. The van der Waals surface area contributed by atoms with E-state index in [0.717, 1.165) is 17.7 Å². The first-order valence-electron chi connectivity index (χ1n) is 8.51. The van der Waals surface area contributed by atoms with Gasteiger partial charge in [-0.3, -0.25) is 9.35 Å². The third kappa shape index (κ3) is 6.84. The quantitative estimate of drug-likeness (QED) is 0.162. The minimum Gasteiger partial charge on any atom is -0.480 e. The van der Waals surface area contributed by atoms with Gasteiger partial charge in [0.1, 0.15) is 6.26 Å². The van der Waals surface area contributed by atoms with Gasteiger partial charge in [-0.15, -0.1) is 0 Å². The number of nitrogens with one attached hydrogen (secondary N) is 2. The Kier molecular flexibility index (Phi) is 7.85. The first kappa shape index (κ1) is 22.8. The molecule has 0 atom stereocenters. The second-order valence-electron chi connectivity index (χ2n) is 5.61. The van der Waals surface area contributed by atoms with E-state index >= 15 is 0 Å². The zero-order valence-electron chi connectivity index (χ0n) is 15.8. The number of benzene rings is 1. The number of hydrogen-bond donors (Lipinski definition) is 4. The van der Waals surface area contributed by atoms with Gasteiger partial charge in [-0.1, -0.05) is 24.6 Å². The van der Waals surface area contributed by atoms with Crippen LogP contribution in [0, 0.1) is 0 Å². The van der Waals surface area contributed by atoms with Gasteiger partial charge >= 0.3 is 5.97 Å². The molecule has 0 aliphatic rings. The summed E-state index contributed by atoms with van der Waals surface area (Å²) in [6, 6.07) is 5.30. The molecule has 0 aliphatic carbocycles. The van der Waals surface area contributed by atoms with Crippen LogP contribution in [0.5, 0.6) is 0 Å². The van der Waals surface area contributed by atoms with Gasteiger partial charge < -0.3 is 20.6 Å². The van der Waals surface area contributed by atoms with Crippen molar-refractivity contribution >= 4 is 39.6 Å². The second-order valence-corrected chi connectivity index (χ2v) is 7.03. The van der Waals surface area contributed by atoms with Crippen LogP contribution in [-0.2, 0) is 24.8 Å². The number of anilines is 4. The zero-order valence-corrected chi connectivity index (χ0v) is 16.7. The highest BCUT2D eigenvalue weighted by Gasteiger charge is 2.19. The van der Waals surface area contributed by atoms with E-state index in [1.807, 2.05) is 6.92 Å². The van der Waals surface area contributed by atoms with Crippen molar-refractivity contribution in [3.8, 4) is 0 Å². The standard InChI is InChI=1S/C16H20N6O7S/c1-3-8-17-14-19-15(18-11-6-5-7-12(9-11)30(25,26)27)21-16(20-14)22(10-13(23)24)29-28-4-2/h4-7,9H,2-3,8,10H2,1H3,(H,23,24)(H,25,26,27)(H2,17,18,19,20,21). The maximum Gasteiger partial charge on any atom is 0.326 e. The van der Waals surface area contributed by atoms with Gasteiger partial charge in [0, 0.05) is 12.2 Å². The Labute approximate surface area is 172 Å². The number of aromatic nitrogens is 3. The van der Waals surface area contributed by atoms with E-state index in [1.54, 1.807) is 0 Å². The Morgan fingerprint density at radius 1 is 1.30 bits per heavy atom. The van der Waals surface area contributed by atoms with Crippen LogP contribution in [0.2, 0.25) is 0 Å². The van der Waals surface area contributed by atoms with E-state index in [2.05, 4.69) is 37.1 Å². The predicted molar refractivity (Wildman–Crippen MR) is 105 cm³/mol. The summed E-state index contributed by atoms with van der Waals surface area (Å²) >= 11 is 0. The Morgan fingerprint density at radius 3 is 2.67 bits per heavy atom. The fourth-order valence-electron chi connectivity index (χ4n) is 2.05. The molecule has 1 aromatic carbocycles. The van der Waals surface area contributed by atoms with Crippen LogP contribution in [-0.4, -0.2) is 52.1 Å². The van der Waals surface area contributed by atoms with Crippen LogP contribution in [0.4, 0.5) is 23.5 Å². The Bertz CT molecular complexity index is 1000. The van der Waals surface area contributed by atoms with Gasteiger partial charge in [-0.05, 0) is 24.6 Å². The van der Waals surface area contributed by atoms with Crippen molar-refractivity contribution in [1.29, 1.82) is 0 Å². The van der Waals surface area contributed by atoms with Crippen molar-refractivity contribution in [2.45, 2.75) is 18.2 Å². The molecule has 14 heteroatoms. The van der Waals surface area contributed by atoms with Gasteiger partial charge in [0.15, 0.2) is 6.54 Å². The average Bonchev–Trinajstić information content (AvgIpc) is 2.68. The van der Waals surface area contributed by atoms with Crippen molar-refractivity contribution in [2.24, 2.45) is 0 Å². The summed E-state index contributed by atoms with van der Waals surface area (Å²) in [6.07, 6.45) is 1.70. The highest BCUT2D eigenvalue weighted by molar-refractivity contribution is 7.85. The summed E-state index contributed by atoms with van der Waals surface area (Å²) in [5, 5.41) is 15.5. The molecule has 30 heavy (non-hydrogen) atoms. The molecule has 4 N–H and O–H groups in total. The molecule has 0 amide bonds. The maximum absolute atomic E-state index is 11.3. The van der Waals surface area contributed by atoms with Crippen LogP contribution in [0.1, 0.15) is 13.3 Å². The number of carboxylic acids is 1. The Morgan fingerprint density at radius 2 is 2.03 bits per heavy atom. The average molecular weight is 440 g/mol. The molecule has 0 aliphatic heterocycles. The number of nitrogens with zero attached hydrogens (tertiary/aromatic N) is 4. The molecular formula is C16H20N6O7S. The summed E-state index contributed by atoms with van der Waals surface area (Å²) in [4.78, 5) is 32.5. The lowest BCUT2D eigenvalue weighted by Crippen LogP contribution is -2.31. The van der Waals surface area contributed by atoms with Crippen molar-refractivity contribution in [3.63, 3.8) is 0 Å². The third-order valence-corrected chi connectivity index (χ3v) is 4.10. The van der Waals surface area contributed by atoms with Crippen LogP contribution in [0.25, 0.3) is 0 Å². The van der Waals surface area contributed by atoms with E-state index in [9.17, 15) is 17.8 Å². The number of hydrogen-bond acceptors (Lipinski definition) is 11. The Hall–Kier alpha value is -3.49. The largest absolute Gasteiger partial charge is 0.480 e. The van der Waals surface area contributed by atoms with Crippen LogP contribution in [0.15, 0.2) is 42.0 Å². The number of carbonyl (C=O) groups is 1. The van der Waals surface area contributed by atoms with E-state index in [4.69, 9.17) is 10.1 Å². The van der Waals surface area contributed by atoms with Gasteiger partial charge in [0.05, 0.1) is 4.90 Å². The van der Waals surface area contributed by atoms with E-state index in [0.29, 0.717) is 6.54 Å². The fraction of sp³-hybridized carbons (Fsp3) is 0.250. The van der Waals surface area contributed by atoms with Gasteiger partial charge in [0.25, 0.3) is 16.1 Å².